The number of rotatable bonds is 6. The molecule has 1 N–H and O–H groups in total. The molecule has 1 saturated heterocycles. The Labute approximate surface area is 174 Å². The third-order valence-corrected chi connectivity index (χ3v) is 4.78. The van der Waals surface area contributed by atoms with Crippen molar-refractivity contribution in [3.8, 4) is 11.4 Å². The van der Waals surface area contributed by atoms with Crippen LogP contribution < -0.4 is 5.32 Å². The second kappa shape index (κ2) is 9.21. The predicted molar refractivity (Wildman–Crippen MR) is 109 cm³/mol. The Balaban J connectivity index is 1.46. The van der Waals surface area contributed by atoms with Gasteiger partial charge in [-0.2, -0.15) is 4.98 Å². The van der Waals surface area contributed by atoms with E-state index in [1.165, 1.54) is 12.1 Å². The Hall–Kier alpha value is -3.01. The van der Waals surface area contributed by atoms with Gasteiger partial charge in [-0.1, -0.05) is 17.3 Å². The van der Waals surface area contributed by atoms with E-state index in [1.54, 1.807) is 12.1 Å². The lowest BCUT2D eigenvalue weighted by Gasteiger charge is -2.31. The van der Waals surface area contributed by atoms with Crippen molar-refractivity contribution in [2.45, 2.75) is 45.8 Å². The summed E-state index contributed by atoms with van der Waals surface area (Å²) in [5.41, 5.74) is 0.0353. The van der Waals surface area contributed by atoms with Gasteiger partial charge in [-0.05, 0) is 52.6 Å². The maximum Gasteiger partial charge on any atom is 0.407 e. The van der Waals surface area contributed by atoms with Gasteiger partial charge in [0.05, 0.1) is 11.5 Å². The number of hydrogen-bond donors (Lipinski definition) is 1. The van der Waals surface area contributed by atoms with E-state index in [1.807, 2.05) is 20.8 Å². The highest BCUT2D eigenvalue weighted by atomic mass is 16.6. The summed E-state index contributed by atoms with van der Waals surface area (Å²) in [5.74, 6) is 1.21. The molecule has 0 saturated carbocycles. The molecule has 1 aliphatic heterocycles. The van der Waals surface area contributed by atoms with E-state index in [-0.39, 0.29) is 11.8 Å². The predicted octanol–water partition coefficient (Wildman–Crippen LogP) is 3.38. The van der Waals surface area contributed by atoms with Crippen LogP contribution in [0, 0.1) is 16.0 Å². The van der Waals surface area contributed by atoms with Crippen LogP contribution >= 0.6 is 0 Å². The van der Waals surface area contributed by atoms with Gasteiger partial charge < -0.3 is 14.6 Å². The van der Waals surface area contributed by atoms with E-state index in [2.05, 4.69) is 20.4 Å². The summed E-state index contributed by atoms with van der Waals surface area (Å²) in [7, 11) is 0. The van der Waals surface area contributed by atoms with Crippen LogP contribution in [0.15, 0.2) is 28.8 Å². The van der Waals surface area contributed by atoms with Crippen molar-refractivity contribution >= 4 is 11.8 Å². The topological polar surface area (TPSA) is 124 Å². The second-order valence-corrected chi connectivity index (χ2v) is 8.42. The van der Waals surface area contributed by atoms with E-state index >= 15 is 0 Å². The lowest BCUT2D eigenvalue weighted by molar-refractivity contribution is -0.384. The molecule has 0 unspecified atom stereocenters. The Bertz CT molecular complexity index is 884. The first-order valence-corrected chi connectivity index (χ1v) is 9.96. The van der Waals surface area contributed by atoms with Gasteiger partial charge in [0.15, 0.2) is 0 Å². The number of carbonyl (C=O) groups is 1. The number of alkyl carbamates (subject to hydrolysis) is 1. The number of nitro groups is 1. The zero-order valence-electron chi connectivity index (χ0n) is 17.5. The molecule has 0 spiro atoms. The molecule has 162 valence electrons. The third kappa shape index (κ3) is 6.24. The number of benzene rings is 1. The van der Waals surface area contributed by atoms with Gasteiger partial charge in [0.25, 0.3) is 5.69 Å². The van der Waals surface area contributed by atoms with E-state index in [4.69, 9.17) is 9.26 Å². The number of nitrogens with one attached hydrogen (secondary N) is 1. The van der Waals surface area contributed by atoms with Crippen LogP contribution in [-0.4, -0.2) is 51.3 Å². The van der Waals surface area contributed by atoms with E-state index < -0.39 is 10.5 Å². The number of likely N-dealkylation sites (tertiary alicyclic amines) is 1. The maximum absolute atomic E-state index is 11.8. The Morgan fingerprint density at radius 2 is 2.10 bits per heavy atom. The molecule has 0 bridgehead atoms. The molecule has 2 heterocycles. The summed E-state index contributed by atoms with van der Waals surface area (Å²) in [6, 6.07) is 6.16. The largest absolute Gasteiger partial charge is 0.444 e. The molecule has 1 aromatic heterocycles. The summed E-state index contributed by atoms with van der Waals surface area (Å²) in [6.07, 6.45) is 1.51. The minimum Gasteiger partial charge on any atom is -0.444 e. The van der Waals surface area contributed by atoms with Crippen molar-refractivity contribution in [3.63, 3.8) is 0 Å². The highest BCUT2D eigenvalue weighted by Crippen LogP contribution is 2.23. The van der Waals surface area contributed by atoms with Crippen molar-refractivity contribution in [3.05, 3.63) is 40.3 Å². The number of piperidine rings is 1. The molecule has 2 aromatic rings. The normalized spacial score (nSPS) is 15.7. The van der Waals surface area contributed by atoms with Crippen LogP contribution in [-0.2, 0) is 11.3 Å². The number of carbonyl (C=O) groups excluding carboxylic acids is 1. The van der Waals surface area contributed by atoms with Crippen molar-refractivity contribution in [1.29, 1.82) is 0 Å². The van der Waals surface area contributed by atoms with Gasteiger partial charge in [-0.3, -0.25) is 15.0 Å². The van der Waals surface area contributed by atoms with Crippen molar-refractivity contribution in [2.24, 2.45) is 5.92 Å². The molecule has 0 atom stereocenters. The molecule has 3 rings (SSSR count). The lowest BCUT2D eigenvalue weighted by atomic mass is 9.97. The Kier molecular flexibility index (Phi) is 6.66. The molecule has 10 heteroatoms. The number of hydrogen-bond acceptors (Lipinski definition) is 8. The average molecular weight is 417 g/mol. The van der Waals surface area contributed by atoms with Crippen LogP contribution in [0.3, 0.4) is 0 Å². The van der Waals surface area contributed by atoms with Gasteiger partial charge >= 0.3 is 6.09 Å². The number of aromatic nitrogens is 2. The zero-order chi connectivity index (χ0) is 21.7. The molecule has 1 aliphatic rings. The average Bonchev–Trinajstić information content (AvgIpc) is 3.15. The lowest BCUT2D eigenvalue weighted by Crippen LogP contribution is -2.40. The maximum atomic E-state index is 11.8. The fourth-order valence-corrected chi connectivity index (χ4v) is 3.28. The molecule has 0 radical (unpaired) electrons. The Morgan fingerprint density at radius 3 is 2.77 bits per heavy atom. The number of ether oxygens (including phenoxy) is 1. The van der Waals surface area contributed by atoms with Gasteiger partial charge in [0.2, 0.25) is 11.7 Å². The first-order valence-electron chi connectivity index (χ1n) is 9.96. The SMILES string of the molecule is CC(C)(C)OC(=O)NCC1CCN(Cc2nc(-c3cccc([N+](=O)[O-])c3)no2)CC1. The number of nitro benzene ring substituents is 1. The van der Waals surface area contributed by atoms with Gasteiger partial charge in [0.1, 0.15) is 5.60 Å². The minimum absolute atomic E-state index is 0.0130. The molecule has 1 aromatic carbocycles. The molecule has 30 heavy (non-hydrogen) atoms. The van der Waals surface area contributed by atoms with Gasteiger partial charge in [-0.15, -0.1) is 0 Å². The standard InChI is InChI=1S/C20H27N5O5/c1-20(2,3)29-19(26)21-12-14-7-9-24(10-8-14)13-17-22-18(23-30-17)15-5-4-6-16(11-15)25(27)28/h4-6,11,14H,7-10,12-13H2,1-3H3,(H,21,26). The fraction of sp³-hybridized carbons (Fsp3) is 0.550. The van der Waals surface area contributed by atoms with E-state index in [0.29, 0.717) is 36.3 Å². The van der Waals surface area contributed by atoms with Crippen LogP contribution in [0.1, 0.15) is 39.5 Å². The molecular weight excluding hydrogens is 390 g/mol. The molecule has 1 amide bonds. The minimum atomic E-state index is -0.499. The van der Waals surface area contributed by atoms with Crippen LogP contribution in [0.25, 0.3) is 11.4 Å². The summed E-state index contributed by atoms with van der Waals surface area (Å²) in [6.45, 7) is 8.35. The summed E-state index contributed by atoms with van der Waals surface area (Å²) >= 11 is 0. The van der Waals surface area contributed by atoms with E-state index in [0.717, 1.165) is 25.9 Å². The summed E-state index contributed by atoms with van der Waals surface area (Å²) in [4.78, 5) is 28.8. The van der Waals surface area contributed by atoms with Crippen molar-refractivity contribution < 1.29 is 19.0 Å². The number of amides is 1. The first-order chi connectivity index (χ1) is 14.2. The molecule has 1 fully saturated rings. The van der Waals surface area contributed by atoms with Crippen molar-refractivity contribution in [1.82, 2.24) is 20.4 Å². The summed E-state index contributed by atoms with van der Waals surface area (Å²) in [5, 5.41) is 17.7. The number of nitrogens with zero attached hydrogens (tertiary/aromatic N) is 4. The fourth-order valence-electron chi connectivity index (χ4n) is 3.28. The first kappa shape index (κ1) is 21.7. The number of non-ortho nitro benzene ring substituents is 1. The summed E-state index contributed by atoms with van der Waals surface area (Å²) < 4.78 is 10.6. The quantitative estimate of drug-likeness (QED) is 0.560. The highest BCUT2D eigenvalue weighted by Gasteiger charge is 2.23. The highest BCUT2D eigenvalue weighted by molar-refractivity contribution is 5.67. The van der Waals surface area contributed by atoms with Crippen LogP contribution in [0.4, 0.5) is 10.5 Å². The van der Waals surface area contributed by atoms with Crippen LogP contribution in [0.5, 0.6) is 0 Å². The molecule has 0 aliphatic carbocycles. The van der Waals surface area contributed by atoms with Crippen molar-refractivity contribution in [2.75, 3.05) is 19.6 Å². The Morgan fingerprint density at radius 1 is 1.37 bits per heavy atom. The third-order valence-electron chi connectivity index (χ3n) is 4.78. The molecular formula is C20H27N5O5. The van der Waals surface area contributed by atoms with Gasteiger partial charge in [-0.25, -0.2) is 4.79 Å². The van der Waals surface area contributed by atoms with E-state index in [9.17, 15) is 14.9 Å². The monoisotopic (exact) mass is 417 g/mol. The zero-order valence-corrected chi connectivity index (χ0v) is 17.5. The second-order valence-electron chi connectivity index (χ2n) is 8.42. The van der Waals surface area contributed by atoms with Gasteiger partial charge in [0, 0.05) is 24.2 Å². The van der Waals surface area contributed by atoms with Crippen LogP contribution in [0.2, 0.25) is 0 Å². The smallest absolute Gasteiger partial charge is 0.407 e. The molecule has 10 nitrogen and oxygen atoms in total.